The number of nitrogens with two attached hydrogens (primary N) is 1. The maximum absolute atomic E-state index is 11.1. The summed E-state index contributed by atoms with van der Waals surface area (Å²) in [5.41, 5.74) is 6.48. The van der Waals surface area contributed by atoms with E-state index in [4.69, 9.17) is 5.73 Å². The van der Waals surface area contributed by atoms with Gasteiger partial charge in [-0.1, -0.05) is 19.9 Å². The van der Waals surface area contributed by atoms with Gasteiger partial charge in [-0.25, -0.2) is 0 Å². The quantitative estimate of drug-likeness (QED) is 0.496. The zero-order chi connectivity index (χ0) is 13.9. The van der Waals surface area contributed by atoms with E-state index >= 15 is 0 Å². The van der Waals surface area contributed by atoms with Crippen LogP contribution in [0, 0.1) is 16.0 Å². The van der Waals surface area contributed by atoms with E-state index in [1.165, 1.54) is 0 Å². The third kappa shape index (κ3) is 3.12. The van der Waals surface area contributed by atoms with Crippen molar-refractivity contribution >= 4 is 17.1 Å². The molecule has 0 aliphatic heterocycles. The third-order valence-electron chi connectivity index (χ3n) is 3.08. The number of hydrogen-bond donors (Lipinski definition) is 1. The second kappa shape index (κ2) is 5.71. The van der Waals surface area contributed by atoms with Gasteiger partial charge in [0.1, 0.15) is 11.4 Å². The molecule has 0 amide bonds. The Morgan fingerprint density at radius 3 is 2.50 bits per heavy atom. The standard InChI is InChI=1S/C13H21N3O2/c1-9(2)8-10(3)15(4)12-7-5-6-11(14)13(12)16(17)18/h5-7,9-10H,8,14H2,1-4H3. The SMILES string of the molecule is CC(C)CC(C)N(C)c1cccc(N)c1[N+](=O)[O-]. The van der Waals surface area contributed by atoms with Gasteiger partial charge in [-0.15, -0.1) is 0 Å². The fourth-order valence-corrected chi connectivity index (χ4v) is 2.11. The lowest BCUT2D eigenvalue weighted by Gasteiger charge is -2.28. The lowest BCUT2D eigenvalue weighted by atomic mass is 10.0. The molecule has 0 aromatic heterocycles. The van der Waals surface area contributed by atoms with E-state index in [-0.39, 0.29) is 17.4 Å². The highest BCUT2D eigenvalue weighted by Gasteiger charge is 2.23. The molecule has 18 heavy (non-hydrogen) atoms. The largest absolute Gasteiger partial charge is 0.393 e. The normalized spacial score (nSPS) is 12.5. The molecule has 1 aromatic rings. The van der Waals surface area contributed by atoms with Crippen LogP contribution in [0.1, 0.15) is 27.2 Å². The first-order chi connectivity index (χ1) is 8.34. The monoisotopic (exact) mass is 251 g/mol. The topological polar surface area (TPSA) is 72.4 Å². The average Bonchev–Trinajstić information content (AvgIpc) is 2.26. The number of anilines is 2. The summed E-state index contributed by atoms with van der Waals surface area (Å²) in [5.74, 6) is 0.544. The van der Waals surface area contributed by atoms with E-state index in [1.54, 1.807) is 18.2 Å². The molecule has 5 nitrogen and oxygen atoms in total. The lowest BCUT2D eigenvalue weighted by Crippen LogP contribution is -2.30. The van der Waals surface area contributed by atoms with E-state index in [9.17, 15) is 10.1 Å². The highest BCUT2D eigenvalue weighted by Crippen LogP contribution is 2.34. The van der Waals surface area contributed by atoms with Gasteiger partial charge >= 0.3 is 5.69 Å². The van der Waals surface area contributed by atoms with Crippen LogP contribution in [0.5, 0.6) is 0 Å². The Bertz CT molecular complexity index is 432. The van der Waals surface area contributed by atoms with E-state index in [0.717, 1.165) is 6.42 Å². The highest BCUT2D eigenvalue weighted by atomic mass is 16.6. The summed E-state index contributed by atoms with van der Waals surface area (Å²) >= 11 is 0. The molecule has 0 saturated heterocycles. The summed E-state index contributed by atoms with van der Waals surface area (Å²) in [6.45, 7) is 6.34. The summed E-state index contributed by atoms with van der Waals surface area (Å²) in [6, 6.07) is 5.27. The summed E-state index contributed by atoms with van der Waals surface area (Å²) in [6.07, 6.45) is 0.975. The summed E-state index contributed by atoms with van der Waals surface area (Å²) < 4.78 is 0. The Hall–Kier alpha value is -1.78. The van der Waals surface area contributed by atoms with Gasteiger partial charge < -0.3 is 10.6 Å². The Balaban J connectivity index is 3.09. The first-order valence-electron chi connectivity index (χ1n) is 6.10. The first-order valence-corrected chi connectivity index (χ1v) is 6.10. The molecule has 0 heterocycles. The maximum Gasteiger partial charge on any atom is 0.315 e. The molecule has 0 fully saturated rings. The van der Waals surface area contributed by atoms with Crippen LogP contribution in [0.3, 0.4) is 0 Å². The van der Waals surface area contributed by atoms with Gasteiger partial charge in [-0.2, -0.15) is 0 Å². The Labute approximate surface area is 108 Å². The fourth-order valence-electron chi connectivity index (χ4n) is 2.11. The van der Waals surface area contributed by atoms with Crippen molar-refractivity contribution in [2.45, 2.75) is 33.2 Å². The number of rotatable bonds is 5. The Morgan fingerprint density at radius 1 is 1.39 bits per heavy atom. The molecule has 0 radical (unpaired) electrons. The molecule has 1 atom stereocenters. The first kappa shape index (κ1) is 14.3. The van der Waals surface area contributed by atoms with Gasteiger partial charge in [0.25, 0.3) is 0 Å². The zero-order valence-electron chi connectivity index (χ0n) is 11.4. The van der Waals surface area contributed by atoms with E-state index in [0.29, 0.717) is 11.6 Å². The molecule has 1 unspecified atom stereocenters. The predicted octanol–water partition coefficient (Wildman–Crippen LogP) is 3.05. The summed E-state index contributed by atoms with van der Waals surface area (Å²) in [5, 5.41) is 11.1. The van der Waals surface area contributed by atoms with Gasteiger partial charge in [-0.3, -0.25) is 10.1 Å². The van der Waals surface area contributed by atoms with Gasteiger partial charge in [0, 0.05) is 13.1 Å². The molecule has 0 saturated carbocycles. The number of nitrogen functional groups attached to an aromatic ring is 1. The van der Waals surface area contributed by atoms with Crippen molar-refractivity contribution in [3.05, 3.63) is 28.3 Å². The number of hydrogen-bond acceptors (Lipinski definition) is 4. The molecule has 100 valence electrons. The Kier molecular flexibility index (Phi) is 4.53. The van der Waals surface area contributed by atoms with Gasteiger partial charge in [0.05, 0.1) is 4.92 Å². The minimum absolute atomic E-state index is 0.00407. The lowest BCUT2D eigenvalue weighted by molar-refractivity contribution is -0.383. The van der Waals surface area contributed by atoms with E-state index in [2.05, 4.69) is 20.8 Å². The van der Waals surface area contributed by atoms with Crippen LogP contribution in [0.25, 0.3) is 0 Å². The number of nitrogens with zero attached hydrogens (tertiary/aromatic N) is 2. The zero-order valence-corrected chi connectivity index (χ0v) is 11.4. The molecule has 5 heteroatoms. The van der Waals surface area contributed by atoms with Crippen molar-refractivity contribution in [3.8, 4) is 0 Å². The molecule has 0 spiro atoms. The molecule has 2 N–H and O–H groups in total. The molecular formula is C13H21N3O2. The van der Waals surface area contributed by atoms with Crippen LogP contribution < -0.4 is 10.6 Å². The molecule has 0 aliphatic carbocycles. The highest BCUT2D eigenvalue weighted by molar-refractivity contribution is 5.75. The molecule has 1 aromatic carbocycles. The van der Waals surface area contributed by atoms with Gasteiger partial charge in [-0.05, 0) is 31.4 Å². The minimum Gasteiger partial charge on any atom is -0.393 e. The van der Waals surface area contributed by atoms with Crippen LogP contribution in [0.15, 0.2) is 18.2 Å². The van der Waals surface area contributed by atoms with Crippen molar-refractivity contribution in [2.24, 2.45) is 5.92 Å². The summed E-state index contributed by atoms with van der Waals surface area (Å²) in [4.78, 5) is 12.6. The van der Waals surface area contributed by atoms with Crippen LogP contribution in [0.2, 0.25) is 0 Å². The van der Waals surface area contributed by atoms with Gasteiger partial charge in [0.2, 0.25) is 0 Å². The Morgan fingerprint density at radius 2 is 2.00 bits per heavy atom. The molecular weight excluding hydrogens is 230 g/mol. The molecule has 1 rings (SSSR count). The number of nitro benzene ring substituents is 1. The number of benzene rings is 1. The van der Waals surface area contributed by atoms with Crippen molar-refractivity contribution in [1.82, 2.24) is 0 Å². The van der Waals surface area contributed by atoms with Crippen molar-refractivity contribution < 1.29 is 4.92 Å². The van der Waals surface area contributed by atoms with Crippen LogP contribution in [-0.4, -0.2) is 18.0 Å². The second-order valence-corrected chi connectivity index (χ2v) is 5.06. The van der Waals surface area contributed by atoms with Crippen LogP contribution in [0.4, 0.5) is 17.1 Å². The maximum atomic E-state index is 11.1. The van der Waals surface area contributed by atoms with Crippen LogP contribution >= 0.6 is 0 Å². The predicted molar refractivity (Wildman–Crippen MR) is 74.8 cm³/mol. The van der Waals surface area contributed by atoms with E-state index in [1.807, 2.05) is 11.9 Å². The van der Waals surface area contributed by atoms with Crippen molar-refractivity contribution in [2.75, 3.05) is 17.7 Å². The molecule has 0 bridgehead atoms. The van der Waals surface area contributed by atoms with Gasteiger partial charge in [0.15, 0.2) is 0 Å². The minimum atomic E-state index is -0.413. The smallest absolute Gasteiger partial charge is 0.315 e. The third-order valence-corrected chi connectivity index (χ3v) is 3.08. The van der Waals surface area contributed by atoms with Crippen molar-refractivity contribution in [3.63, 3.8) is 0 Å². The van der Waals surface area contributed by atoms with Crippen molar-refractivity contribution in [1.29, 1.82) is 0 Å². The second-order valence-electron chi connectivity index (χ2n) is 5.06. The fraction of sp³-hybridized carbons (Fsp3) is 0.538. The van der Waals surface area contributed by atoms with E-state index < -0.39 is 4.92 Å². The van der Waals surface area contributed by atoms with Crippen LogP contribution in [-0.2, 0) is 0 Å². The average molecular weight is 251 g/mol. The summed E-state index contributed by atoms with van der Waals surface area (Å²) in [7, 11) is 1.87. The molecule has 0 aliphatic rings. The number of nitro groups is 1. The number of para-hydroxylation sites is 1.